The van der Waals surface area contributed by atoms with E-state index in [1.165, 1.54) is 57.4 Å². The Hall–Kier alpha value is -2.97. The number of non-ortho nitro benzene ring substituents is 1. The van der Waals surface area contributed by atoms with Gasteiger partial charge in [0.15, 0.2) is 0 Å². The number of carbonyl (C=O) groups is 2. The summed E-state index contributed by atoms with van der Waals surface area (Å²) < 4.78 is 6.94. The summed E-state index contributed by atoms with van der Waals surface area (Å²) in [7, 11) is 1.71. The van der Waals surface area contributed by atoms with Gasteiger partial charge in [0, 0.05) is 30.7 Å². The molecule has 31 heavy (non-hydrogen) atoms. The van der Waals surface area contributed by atoms with E-state index in [1.54, 1.807) is 7.05 Å². The summed E-state index contributed by atoms with van der Waals surface area (Å²) in [6.45, 7) is -0.0835. The number of aromatic nitrogens is 4. The molecule has 0 aliphatic carbocycles. The van der Waals surface area contributed by atoms with Gasteiger partial charge in [0.1, 0.15) is 23.7 Å². The molecule has 1 aromatic heterocycles. The van der Waals surface area contributed by atoms with Gasteiger partial charge in [-0.05, 0) is 33.7 Å². The number of tetrazole rings is 1. The monoisotopic (exact) mass is 463 g/mol. The van der Waals surface area contributed by atoms with Gasteiger partial charge < -0.3 is 10.5 Å². The second-order valence-electron chi connectivity index (χ2n) is 6.76. The first kappa shape index (κ1) is 21.3. The number of fused-ring (bicyclic) bond motifs is 1. The van der Waals surface area contributed by atoms with Crippen LogP contribution in [-0.2, 0) is 28.0 Å². The van der Waals surface area contributed by atoms with Gasteiger partial charge in [-0.25, -0.2) is 9.48 Å². The molecule has 1 fully saturated rings. The van der Waals surface area contributed by atoms with Crippen LogP contribution in [0.25, 0.3) is 0 Å². The third kappa shape index (κ3) is 4.13. The first-order valence-electron chi connectivity index (χ1n) is 9.04. The molecule has 1 saturated heterocycles. The summed E-state index contributed by atoms with van der Waals surface area (Å²) >= 11 is 2.84. The number of amides is 1. The molecule has 162 valence electrons. The largest absolute Gasteiger partial charge is 0.456 e. The number of nitro groups is 1. The van der Waals surface area contributed by atoms with Crippen molar-refractivity contribution in [2.24, 2.45) is 12.8 Å². The Morgan fingerprint density at radius 3 is 2.81 bits per heavy atom. The Labute approximate surface area is 184 Å². The number of benzene rings is 1. The highest BCUT2D eigenvalue weighted by Crippen LogP contribution is 2.41. The van der Waals surface area contributed by atoms with E-state index in [-0.39, 0.29) is 29.3 Å². The van der Waals surface area contributed by atoms with E-state index in [0.717, 1.165) is 5.57 Å². The smallest absolute Gasteiger partial charge is 0.355 e. The van der Waals surface area contributed by atoms with Gasteiger partial charge in [-0.1, -0.05) is 11.8 Å². The summed E-state index contributed by atoms with van der Waals surface area (Å²) in [5.74, 6) is -0.0602. The van der Waals surface area contributed by atoms with Crippen LogP contribution in [0.3, 0.4) is 0 Å². The number of rotatable bonds is 7. The number of β-lactam (4-membered cyclic amide) rings is 1. The van der Waals surface area contributed by atoms with Gasteiger partial charge in [-0.15, -0.1) is 16.9 Å². The zero-order valence-corrected chi connectivity index (χ0v) is 17.8. The molecule has 14 heteroatoms. The molecule has 1 unspecified atom stereocenters. The maximum atomic E-state index is 12.9. The van der Waals surface area contributed by atoms with Gasteiger partial charge in [0.25, 0.3) is 5.69 Å². The highest BCUT2D eigenvalue weighted by Gasteiger charge is 2.52. The van der Waals surface area contributed by atoms with Crippen LogP contribution in [0.15, 0.2) is 40.7 Å². The van der Waals surface area contributed by atoms with Crippen LogP contribution in [0.4, 0.5) is 5.69 Å². The topological polar surface area (TPSA) is 159 Å². The fraction of sp³-hybridized carbons (Fsp3) is 0.353. The zero-order valence-electron chi connectivity index (χ0n) is 16.2. The molecule has 12 nitrogen and oxygen atoms in total. The van der Waals surface area contributed by atoms with Crippen molar-refractivity contribution in [2.75, 3.05) is 11.5 Å². The summed E-state index contributed by atoms with van der Waals surface area (Å²) in [6, 6.07) is 5.05. The Balaban J connectivity index is 1.51. The molecule has 1 amide bonds. The van der Waals surface area contributed by atoms with Gasteiger partial charge in [0.05, 0.1) is 4.92 Å². The average molecular weight is 464 g/mol. The first-order valence-corrected chi connectivity index (χ1v) is 11.1. The number of hydrogen-bond donors (Lipinski definition) is 1. The Bertz CT molecular complexity index is 1070. The number of ether oxygens (including phenoxy) is 1. The normalized spacial score (nSPS) is 20.3. The number of esters is 1. The predicted molar refractivity (Wildman–Crippen MR) is 111 cm³/mol. The average Bonchev–Trinajstić information content (AvgIpc) is 3.19. The second-order valence-corrected chi connectivity index (χ2v) is 8.81. The van der Waals surface area contributed by atoms with Crippen molar-refractivity contribution >= 4 is 41.1 Å². The lowest BCUT2D eigenvalue weighted by Crippen LogP contribution is -2.68. The number of hydrogen-bond acceptors (Lipinski definition) is 11. The van der Waals surface area contributed by atoms with Crippen LogP contribution in [0.5, 0.6) is 0 Å². The number of carbonyl (C=O) groups excluding carboxylic acids is 2. The Morgan fingerprint density at radius 1 is 1.42 bits per heavy atom. The number of nitro benzene ring substituents is 1. The molecule has 0 bridgehead atoms. The highest BCUT2D eigenvalue weighted by atomic mass is 32.2. The van der Waals surface area contributed by atoms with Crippen molar-refractivity contribution in [1.82, 2.24) is 25.1 Å². The molecule has 2 atom stereocenters. The number of nitrogens with two attached hydrogens (primary N) is 1. The van der Waals surface area contributed by atoms with Crippen LogP contribution in [-0.4, -0.2) is 64.8 Å². The van der Waals surface area contributed by atoms with Crippen molar-refractivity contribution in [3.05, 3.63) is 51.2 Å². The van der Waals surface area contributed by atoms with Crippen LogP contribution in [0.1, 0.15) is 5.56 Å². The minimum Gasteiger partial charge on any atom is -0.456 e. The van der Waals surface area contributed by atoms with Gasteiger partial charge in [0.2, 0.25) is 11.1 Å². The zero-order chi connectivity index (χ0) is 22.1. The summed E-state index contributed by atoms with van der Waals surface area (Å²) in [5.41, 5.74) is 7.34. The molecular weight excluding hydrogens is 446 g/mol. The number of nitrogens with zero attached hydrogens (tertiary/aromatic N) is 6. The lowest BCUT2D eigenvalue weighted by atomic mass is 10.0. The van der Waals surface area contributed by atoms with Crippen molar-refractivity contribution in [3.8, 4) is 0 Å². The van der Waals surface area contributed by atoms with Gasteiger partial charge in [-0.3, -0.25) is 19.8 Å². The SMILES string of the molecule is Cn1nnnc1SCC1=C(C(=O)OCc2ccc([N+](=O)[O-])cc2)N2C(=O)C(N)[C@H]2SC1. The molecule has 1 aromatic carbocycles. The fourth-order valence-electron chi connectivity index (χ4n) is 3.11. The van der Waals surface area contributed by atoms with E-state index in [1.807, 2.05) is 0 Å². The minimum atomic E-state index is -0.653. The van der Waals surface area contributed by atoms with Crippen molar-refractivity contribution < 1.29 is 19.2 Å². The van der Waals surface area contributed by atoms with Gasteiger partial charge >= 0.3 is 5.97 Å². The summed E-state index contributed by atoms with van der Waals surface area (Å²) in [5, 5.41) is 22.3. The Morgan fingerprint density at radius 2 is 2.16 bits per heavy atom. The first-order chi connectivity index (χ1) is 14.9. The molecule has 0 saturated carbocycles. The lowest BCUT2D eigenvalue weighted by molar-refractivity contribution is -0.384. The predicted octanol–water partition coefficient (Wildman–Crippen LogP) is 0.450. The second kappa shape index (κ2) is 8.64. The maximum absolute atomic E-state index is 12.9. The van der Waals surface area contributed by atoms with Crippen LogP contribution in [0.2, 0.25) is 0 Å². The van der Waals surface area contributed by atoms with E-state index in [0.29, 0.717) is 22.2 Å². The van der Waals surface area contributed by atoms with Crippen LogP contribution < -0.4 is 5.73 Å². The third-order valence-electron chi connectivity index (χ3n) is 4.76. The standard InChI is InChI=1S/C17H17N7O5S2/c1-22-17(19-20-21-22)31-8-10-7-30-15-12(18)14(25)23(15)13(10)16(26)29-6-9-2-4-11(5-3-9)24(27)28/h2-5,12,15H,6-8,18H2,1H3/t12?,15-/m1/s1. The fourth-order valence-corrected chi connectivity index (χ4v) is 5.39. The minimum absolute atomic E-state index is 0.0531. The van der Waals surface area contributed by atoms with E-state index < -0.39 is 16.9 Å². The van der Waals surface area contributed by atoms with Crippen molar-refractivity contribution in [3.63, 3.8) is 0 Å². The van der Waals surface area contributed by atoms with Crippen molar-refractivity contribution in [2.45, 2.75) is 23.2 Å². The lowest BCUT2D eigenvalue weighted by Gasteiger charge is -2.48. The molecule has 2 aromatic rings. The molecule has 0 radical (unpaired) electrons. The third-order valence-corrected chi connectivity index (χ3v) is 7.21. The van der Waals surface area contributed by atoms with E-state index in [9.17, 15) is 19.7 Å². The number of aryl methyl sites for hydroxylation is 1. The van der Waals surface area contributed by atoms with Gasteiger partial charge in [-0.2, -0.15) is 0 Å². The van der Waals surface area contributed by atoms with Crippen LogP contribution >= 0.6 is 23.5 Å². The van der Waals surface area contributed by atoms with E-state index in [4.69, 9.17) is 10.5 Å². The highest BCUT2D eigenvalue weighted by molar-refractivity contribution is 8.01. The Kier molecular flexibility index (Phi) is 5.93. The summed E-state index contributed by atoms with van der Waals surface area (Å²) in [6.07, 6.45) is 0. The number of thioether (sulfide) groups is 2. The molecule has 2 aliphatic rings. The molecule has 2 N–H and O–H groups in total. The molecule has 0 spiro atoms. The molecule has 3 heterocycles. The van der Waals surface area contributed by atoms with Crippen LogP contribution in [0, 0.1) is 10.1 Å². The maximum Gasteiger partial charge on any atom is 0.355 e. The molecular formula is C17H17N7O5S2. The molecule has 4 rings (SSSR count). The quantitative estimate of drug-likeness (QED) is 0.200. The van der Waals surface area contributed by atoms with E-state index in [2.05, 4.69) is 15.5 Å². The van der Waals surface area contributed by atoms with Crippen molar-refractivity contribution in [1.29, 1.82) is 0 Å². The molecule has 2 aliphatic heterocycles. The summed E-state index contributed by atoms with van der Waals surface area (Å²) in [4.78, 5) is 37.0. The van der Waals surface area contributed by atoms with E-state index >= 15 is 0 Å².